The first-order valence-electron chi connectivity index (χ1n) is 10.7. The minimum atomic E-state index is -0.0204. The van der Waals surface area contributed by atoms with E-state index in [4.69, 9.17) is 4.74 Å². The zero-order chi connectivity index (χ0) is 19.8. The summed E-state index contributed by atoms with van der Waals surface area (Å²) < 4.78 is 5.65. The van der Waals surface area contributed by atoms with Crippen LogP contribution < -0.4 is 10.6 Å². The summed E-state index contributed by atoms with van der Waals surface area (Å²) in [6.45, 7) is 3.50. The van der Waals surface area contributed by atoms with Gasteiger partial charge in [0.15, 0.2) is 0 Å². The number of nitrogens with one attached hydrogen (secondary N) is 2. The van der Waals surface area contributed by atoms with E-state index in [0.29, 0.717) is 18.4 Å². The van der Waals surface area contributed by atoms with Crippen LogP contribution in [-0.2, 0) is 4.74 Å². The van der Waals surface area contributed by atoms with Crippen molar-refractivity contribution in [1.82, 2.24) is 5.32 Å². The lowest BCUT2D eigenvalue weighted by Crippen LogP contribution is -2.34. The third-order valence-electron chi connectivity index (χ3n) is 6.59. The zero-order valence-electron chi connectivity index (χ0n) is 16.9. The standard InChI is InChI=1S/C25H28N2O2/c1-16-10-12-17(13-11-16)23-20-7-2-6-19(20)21-8-3-9-22(24(21)27-23)25(28)26-15-18-5-4-14-29-18/h2-3,6,8-13,18-20,23,27H,4-5,7,14-15H2,1H3,(H,26,28). The molecule has 2 heterocycles. The number of hydrogen-bond donors (Lipinski definition) is 2. The summed E-state index contributed by atoms with van der Waals surface area (Å²) in [7, 11) is 0. The molecular weight excluding hydrogens is 360 g/mol. The summed E-state index contributed by atoms with van der Waals surface area (Å²) in [6, 6.07) is 15.1. The number of hydrogen-bond acceptors (Lipinski definition) is 3. The highest BCUT2D eigenvalue weighted by Crippen LogP contribution is 2.50. The maximum absolute atomic E-state index is 13.0. The van der Waals surface area contributed by atoms with Crippen LogP contribution in [0.2, 0.25) is 0 Å². The summed E-state index contributed by atoms with van der Waals surface area (Å²) in [5, 5.41) is 6.84. The van der Waals surface area contributed by atoms with Gasteiger partial charge in [-0.05, 0) is 49.3 Å². The lowest BCUT2D eigenvalue weighted by atomic mass is 9.76. The van der Waals surface area contributed by atoms with Crippen LogP contribution in [0.5, 0.6) is 0 Å². The monoisotopic (exact) mass is 388 g/mol. The van der Waals surface area contributed by atoms with Crippen molar-refractivity contribution in [3.63, 3.8) is 0 Å². The Kier molecular flexibility index (Phi) is 4.88. The van der Waals surface area contributed by atoms with E-state index in [9.17, 15) is 4.79 Å². The van der Waals surface area contributed by atoms with E-state index in [-0.39, 0.29) is 18.1 Å². The molecule has 0 radical (unpaired) electrons. The molecule has 2 aromatic carbocycles. The zero-order valence-corrected chi connectivity index (χ0v) is 16.9. The van der Waals surface area contributed by atoms with Crippen LogP contribution in [0.25, 0.3) is 0 Å². The Bertz CT molecular complexity index is 928. The molecule has 0 saturated carbocycles. The number of carbonyl (C=O) groups is 1. The largest absolute Gasteiger partial charge is 0.377 e. The van der Waals surface area contributed by atoms with Crippen molar-refractivity contribution in [1.29, 1.82) is 0 Å². The number of amides is 1. The third-order valence-corrected chi connectivity index (χ3v) is 6.59. The van der Waals surface area contributed by atoms with Gasteiger partial charge in [0, 0.05) is 19.1 Å². The van der Waals surface area contributed by atoms with Crippen molar-refractivity contribution >= 4 is 11.6 Å². The average Bonchev–Trinajstić information content (AvgIpc) is 3.44. The van der Waals surface area contributed by atoms with Crippen molar-refractivity contribution < 1.29 is 9.53 Å². The van der Waals surface area contributed by atoms with E-state index < -0.39 is 0 Å². The highest BCUT2D eigenvalue weighted by atomic mass is 16.5. The Labute approximate surface area is 172 Å². The van der Waals surface area contributed by atoms with Crippen LogP contribution in [0, 0.1) is 12.8 Å². The van der Waals surface area contributed by atoms with E-state index in [0.717, 1.165) is 37.1 Å². The molecule has 1 amide bonds. The van der Waals surface area contributed by atoms with Gasteiger partial charge in [-0.3, -0.25) is 4.79 Å². The number of para-hydroxylation sites is 1. The van der Waals surface area contributed by atoms with Crippen LogP contribution >= 0.6 is 0 Å². The van der Waals surface area contributed by atoms with Crippen molar-refractivity contribution in [3.8, 4) is 0 Å². The SMILES string of the molecule is Cc1ccc(C2Nc3c(C(=O)NCC4CCCO4)cccc3C3C=CCC32)cc1. The number of ether oxygens (including phenoxy) is 1. The minimum Gasteiger partial charge on any atom is -0.377 e. The van der Waals surface area contributed by atoms with E-state index in [1.807, 2.05) is 12.1 Å². The molecule has 1 aliphatic carbocycles. The van der Waals surface area contributed by atoms with Crippen LogP contribution in [0.15, 0.2) is 54.6 Å². The summed E-state index contributed by atoms with van der Waals surface area (Å²) in [5.74, 6) is 0.812. The van der Waals surface area contributed by atoms with Crippen molar-refractivity contribution in [3.05, 3.63) is 76.9 Å². The summed E-state index contributed by atoms with van der Waals surface area (Å²) in [6.07, 6.45) is 7.92. The molecule has 150 valence electrons. The van der Waals surface area contributed by atoms with Gasteiger partial charge in [0.05, 0.1) is 23.4 Å². The fourth-order valence-electron chi connectivity index (χ4n) is 5.02. The van der Waals surface area contributed by atoms with Gasteiger partial charge >= 0.3 is 0 Å². The Balaban J connectivity index is 1.45. The molecule has 0 bridgehead atoms. The third kappa shape index (κ3) is 3.46. The van der Waals surface area contributed by atoms with E-state index >= 15 is 0 Å². The van der Waals surface area contributed by atoms with E-state index in [1.165, 1.54) is 16.7 Å². The Morgan fingerprint density at radius 1 is 1.21 bits per heavy atom. The average molecular weight is 389 g/mol. The van der Waals surface area contributed by atoms with Gasteiger partial charge in [0.2, 0.25) is 0 Å². The van der Waals surface area contributed by atoms with Crippen LogP contribution in [-0.4, -0.2) is 25.2 Å². The van der Waals surface area contributed by atoms with Crippen LogP contribution in [0.3, 0.4) is 0 Å². The molecule has 5 rings (SSSR count). The summed E-state index contributed by atoms with van der Waals surface area (Å²) in [5.41, 5.74) is 5.50. The number of allylic oxidation sites excluding steroid dienone is 2. The second kappa shape index (κ2) is 7.68. The highest BCUT2D eigenvalue weighted by Gasteiger charge is 2.39. The van der Waals surface area contributed by atoms with Gasteiger partial charge in [-0.25, -0.2) is 0 Å². The van der Waals surface area contributed by atoms with Gasteiger partial charge < -0.3 is 15.4 Å². The van der Waals surface area contributed by atoms with Crippen molar-refractivity contribution in [2.24, 2.45) is 5.92 Å². The van der Waals surface area contributed by atoms with Gasteiger partial charge in [-0.15, -0.1) is 0 Å². The highest BCUT2D eigenvalue weighted by molar-refractivity contribution is 6.00. The molecule has 1 fully saturated rings. The topological polar surface area (TPSA) is 50.4 Å². The van der Waals surface area contributed by atoms with Gasteiger partial charge in [-0.1, -0.05) is 54.1 Å². The fraction of sp³-hybridized carbons (Fsp3) is 0.400. The number of fused-ring (bicyclic) bond motifs is 3. The molecular formula is C25H28N2O2. The number of benzene rings is 2. The first-order chi connectivity index (χ1) is 14.2. The predicted molar refractivity (Wildman–Crippen MR) is 115 cm³/mol. The van der Waals surface area contributed by atoms with Crippen molar-refractivity contribution in [2.45, 2.75) is 44.2 Å². The first-order valence-corrected chi connectivity index (χ1v) is 10.7. The number of rotatable bonds is 4. The second-order valence-electron chi connectivity index (χ2n) is 8.50. The van der Waals surface area contributed by atoms with Crippen LogP contribution in [0.4, 0.5) is 5.69 Å². The first kappa shape index (κ1) is 18.4. The molecule has 4 heteroatoms. The smallest absolute Gasteiger partial charge is 0.253 e. The fourth-order valence-corrected chi connectivity index (χ4v) is 5.02. The lowest BCUT2D eigenvalue weighted by Gasteiger charge is -2.38. The summed E-state index contributed by atoms with van der Waals surface area (Å²) in [4.78, 5) is 13.0. The Hall–Kier alpha value is -2.59. The van der Waals surface area contributed by atoms with Gasteiger partial charge in [-0.2, -0.15) is 0 Å². The quantitative estimate of drug-likeness (QED) is 0.745. The predicted octanol–water partition coefficient (Wildman–Crippen LogP) is 4.73. The normalized spacial score (nSPS) is 27.2. The molecule has 4 unspecified atom stereocenters. The Morgan fingerprint density at radius 2 is 2.07 bits per heavy atom. The van der Waals surface area contributed by atoms with Crippen molar-refractivity contribution in [2.75, 3.05) is 18.5 Å². The molecule has 0 spiro atoms. The molecule has 2 aliphatic heterocycles. The molecule has 2 aromatic rings. The number of aryl methyl sites for hydroxylation is 1. The van der Waals surface area contributed by atoms with E-state index in [2.05, 4.69) is 60.0 Å². The molecule has 4 atom stereocenters. The van der Waals surface area contributed by atoms with Gasteiger partial charge in [0.25, 0.3) is 5.91 Å². The summed E-state index contributed by atoms with van der Waals surface area (Å²) >= 11 is 0. The molecule has 2 N–H and O–H groups in total. The number of anilines is 1. The number of carbonyl (C=O) groups excluding carboxylic acids is 1. The maximum Gasteiger partial charge on any atom is 0.253 e. The molecule has 0 aromatic heterocycles. The minimum absolute atomic E-state index is 0.0204. The van der Waals surface area contributed by atoms with E-state index in [1.54, 1.807) is 0 Å². The molecule has 4 nitrogen and oxygen atoms in total. The lowest BCUT2D eigenvalue weighted by molar-refractivity contribution is 0.0858. The molecule has 3 aliphatic rings. The van der Waals surface area contributed by atoms with Crippen LogP contribution in [0.1, 0.15) is 58.3 Å². The molecule has 1 saturated heterocycles. The molecule has 29 heavy (non-hydrogen) atoms. The maximum atomic E-state index is 13.0. The van der Waals surface area contributed by atoms with Gasteiger partial charge in [0.1, 0.15) is 0 Å². The second-order valence-corrected chi connectivity index (χ2v) is 8.50. The Morgan fingerprint density at radius 3 is 2.86 bits per heavy atom.